The summed E-state index contributed by atoms with van der Waals surface area (Å²) in [5.74, 6) is 0. The van der Waals surface area contributed by atoms with E-state index in [1.165, 1.54) is 31.6 Å². The van der Waals surface area contributed by atoms with Crippen LogP contribution in [0.3, 0.4) is 0 Å². The molecule has 0 saturated carbocycles. The van der Waals surface area contributed by atoms with E-state index >= 15 is 0 Å². The molecule has 1 aromatic rings. The fourth-order valence-electron chi connectivity index (χ4n) is 3.42. The Morgan fingerprint density at radius 1 is 1.23 bits per heavy atom. The van der Waals surface area contributed by atoms with Crippen LogP contribution in [-0.4, -0.2) is 34.3 Å². The Kier molecular flexibility index (Phi) is 4.02. The van der Waals surface area contributed by atoms with Crippen LogP contribution >= 0.6 is 0 Å². The molecule has 2 aliphatic heterocycles. The molecule has 3 rings (SSSR count). The first-order chi connectivity index (χ1) is 10.6. The summed E-state index contributed by atoms with van der Waals surface area (Å²) in [5, 5.41) is 9.27. The van der Waals surface area contributed by atoms with Crippen molar-refractivity contribution in [2.45, 2.75) is 45.2 Å². The van der Waals surface area contributed by atoms with Gasteiger partial charge in [0, 0.05) is 44.3 Å². The molecule has 2 heterocycles. The van der Waals surface area contributed by atoms with Gasteiger partial charge in [-0.1, -0.05) is 18.2 Å². The van der Waals surface area contributed by atoms with Crippen LogP contribution in [-0.2, 0) is 6.54 Å². The van der Waals surface area contributed by atoms with Crippen molar-refractivity contribution in [3.8, 4) is 6.07 Å². The molecule has 1 aromatic carbocycles. The molecule has 1 fully saturated rings. The Hall–Kier alpha value is -2.08. The van der Waals surface area contributed by atoms with Gasteiger partial charge in [0.1, 0.15) is 0 Å². The van der Waals surface area contributed by atoms with Crippen molar-refractivity contribution in [1.29, 1.82) is 5.26 Å². The van der Waals surface area contributed by atoms with Crippen LogP contribution in [0.5, 0.6) is 0 Å². The second-order valence-corrected chi connectivity index (χ2v) is 6.89. The van der Waals surface area contributed by atoms with Crippen molar-refractivity contribution in [1.82, 2.24) is 4.90 Å². The highest BCUT2D eigenvalue weighted by molar-refractivity contribution is 5.68. The van der Waals surface area contributed by atoms with Crippen molar-refractivity contribution >= 4 is 6.21 Å². The summed E-state index contributed by atoms with van der Waals surface area (Å²) in [6.45, 7) is 7.78. The summed E-state index contributed by atoms with van der Waals surface area (Å²) in [5.41, 5.74) is 3.43. The van der Waals surface area contributed by atoms with Gasteiger partial charge in [-0.15, -0.1) is 0 Å². The number of likely N-dealkylation sites (tertiary alicyclic amines) is 1. The zero-order valence-electron chi connectivity index (χ0n) is 13.5. The molecule has 0 atom stereocenters. The standard InChI is InChI=1S/C19H24N3/c1-19(2)13-18(21-10-5-6-11-21)9-12-22(19)15-17-8-4-3-7-16(17)14-20/h3-4,7-9,12H,5-6,10-11,13,15H2,1-2H3/q+1. The Balaban J connectivity index is 1.85. The van der Waals surface area contributed by atoms with Crippen molar-refractivity contribution in [2.75, 3.05) is 13.1 Å². The molecule has 0 unspecified atom stereocenters. The first-order valence-corrected chi connectivity index (χ1v) is 8.14. The van der Waals surface area contributed by atoms with Crippen LogP contribution in [0.2, 0.25) is 0 Å². The fraction of sp³-hybridized carbons (Fsp3) is 0.474. The van der Waals surface area contributed by atoms with E-state index in [4.69, 9.17) is 0 Å². The first kappa shape index (κ1) is 14.8. The summed E-state index contributed by atoms with van der Waals surface area (Å²) < 4.78 is 2.36. The lowest BCUT2D eigenvalue weighted by molar-refractivity contribution is -0.612. The molecular formula is C19H24N3+. The maximum atomic E-state index is 9.27. The molecule has 0 amide bonds. The quantitative estimate of drug-likeness (QED) is 0.801. The maximum Gasteiger partial charge on any atom is 0.170 e. The van der Waals surface area contributed by atoms with Crippen LogP contribution in [0.15, 0.2) is 36.0 Å². The molecule has 0 aliphatic carbocycles. The van der Waals surface area contributed by atoms with E-state index in [2.05, 4.69) is 47.7 Å². The van der Waals surface area contributed by atoms with E-state index < -0.39 is 0 Å². The van der Waals surface area contributed by atoms with E-state index in [-0.39, 0.29) is 5.54 Å². The molecule has 114 valence electrons. The van der Waals surface area contributed by atoms with E-state index in [0.29, 0.717) is 0 Å². The smallest absolute Gasteiger partial charge is 0.170 e. The molecule has 0 aromatic heterocycles. The van der Waals surface area contributed by atoms with E-state index in [0.717, 1.165) is 24.1 Å². The lowest BCUT2D eigenvalue weighted by atomic mass is 9.93. The third-order valence-corrected chi connectivity index (χ3v) is 4.83. The SMILES string of the molecule is CC1(C)CC(N2CCCC2)=CC=[N+]1Cc1ccccc1C#N. The summed E-state index contributed by atoms with van der Waals surface area (Å²) in [7, 11) is 0. The van der Waals surface area contributed by atoms with Crippen molar-refractivity contribution in [2.24, 2.45) is 0 Å². The Bertz CT molecular complexity index is 656. The molecule has 3 heteroatoms. The third kappa shape index (κ3) is 2.92. The summed E-state index contributed by atoms with van der Waals surface area (Å²) in [6, 6.07) is 10.2. The molecule has 22 heavy (non-hydrogen) atoms. The summed E-state index contributed by atoms with van der Waals surface area (Å²) in [4.78, 5) is 2.53. The summed E-state index contributed by atoms with van der Waals surface area (Å²) in [6.07, 6.45) is 8.18. The van der Waals surface area contributed by atoms with Crippen LogP contribution in [0.4, 0.5) is 0 Å². The second-order valence-electron chi connectivity index (χ2n) is 6.89. The Morgan fingerprint density at radius 3 is 2.64 bits per heavy atom. The van der Waals surface area contributed by atoms with E-state index in [9.17, 15) is 5.26 Å². The van der Waals surface area contributed by atoms with Gasteiger partial charge in [-0.25, -0.2) is 4.58 Å². The maximum absolute atomic E-state index is 9.27. The second kappa shape index (κ2) is 5.96. The number of benzene rings is 1. The Labute approximate surface area is 133 Å². The molecule has 0 radical (unpaired) electrons. The molecule has 2 aliphatic rings. The monoisotopic (exact) mass is 294 g/mol. The van der Waals surface area contributed by atoms with Crippen LogP contribution in [0, 0.1) is 11.3 Å². The van der Waals surface area contributed by atoms with Gasteiger partial charge in [-0.05, 0) is 18.9 Å². The fourth-order valence-corrected chi connectivity index (χ4v) is 3.42. The highest BCUT2D eigenvalue weighted by Crippen LogP contribution is 2.29. The van der Waals surface area contributed by atoms with Crippen molar-refractivity contribution < 1.29 is 4.58 Å². The molecular weight excluding hydrogens is 270 g/mol. The predicted octanol–water partition coefficient (Wildman–Crippen LogP) is 3.30. The number of rotatable bonds is 3. The predicted molar refractivity (Wildman–Crippen MR) is 88.8 cm³/mol. The highest BCUT2D eigenvalue weighted by atomic mass is 15.2. The summed E-state index contributed by atoms with van der Waals surface area (Å²) >= 11 is 0. The van der Waals surface area contributed by atoms with Gasteiger partial charge in [0.2, 0.25) is 0 Å². The van der Waals surface area contributed by atoms with Gasteiger partial charge >= 0.3 is 0 Å². The first-order valence-electron chi connectivity index (χ1n) is 8.14. The van der Waals surface area contributed by atoms with Gasteiger partial charge < -0.3 is 4.90 Å². The van der Waals surface area contributed by atoms with Crippen LogP contribution in [0.1, 0.15) is 44.2 Å². The number of nitriles is 1. The molecule has 0 N–H and O–H groups in total. The molecule has 0 bridgehead atoms. The average Bonchev–Trinajstić information content (AvgIpc) is 3.04. The molecule has 0 spiro atoms. The largest absolute Gasteiger partial charge is 0.374 e. The van der Waals surface area contributed by atoms with Crippen LogP contribution < -0.4 is 0 Å². The van der Waals surface area contributed by atoms with Gasteiger partial charge in [0.05, 0.1) is 18.1 Å². The molecule has 3 nitrogen and oxygen atoms in total. The van der Waals surface area contributed by atoms with Gasteiger partial charge in [-0.2, -0.15) is 5.26 Å². The van der Waals surface area contributed by atoms with Crippen molar-refractivity contribution in [3.63, 3.8) is 0 Å². The number of hydrogen-bond acceptors (Lipinski definition) is 2. The molecule has 1 saturated heterocycles. The Morgan fingerprint density at radius 2 is 1.95 bits per heavy atom. The minimum absolute atomic E-state index is 0.0786. The minimum Gasteiger partial charge on any atom is -0.374 e. The zero-order valence-corrected chi connectivity index (χ0v) is 13.5. The van der Waals surface area contributed by atoms with Gasteiger partial charge in [0.25, 0.3) is 0 Å². The van der Waals surface area contributed by atoms with Gasteiger partial charge in [0.15, 0.2) is 18.3 Å². The lowest BCUT2D eigenvalue weighted by Gasteiger charge is -2.31. The van der Waals surface area contributed by atoms with Crippen molar-refractivity contribution in [3.05, 3.63) is 47.2 Å². The van der Waals surface area contributed by atoms with E-state index in [1.54, 1.807) is 0 Å². The number of nitrogens with zero attached hydrogens (tertiary/aromatic N) is 3. The third-order valence-electron chi connectivity index (χ3n) is 4.83. The van der Waals surface area contributed by atoms with Crippen LogP contribution in [0.25, 0.3) is 0 Å². The average molecular weight is 294 g/mol. The zero-order chi connectivity index (χ0) is 15.6. The minimum atomic E-state index is 0.0786. The number of allylic oxidation sites excluding steroid dienone is 1. The van der Waals surface area contributed by atoms with Gasteiger partial charge in [-0.3, -0.25) is 0 Å². The normalized spacial score (nSPS) is 20.3. The lowest BCUT2D eigenvalue weighted by Crippen LogP contribution is -2.41. The topological polar surface area (TPSA) is 30.0 Å². The highest BCUT2D eigenvalue weighted by Gasteiger charge is 2.36. The van der Waals surface area contributed by atoms with E-state index in [1.807, 2.05) is 18.2 Å². The number of hydrogen-bond donors (Lipinski definition) is 0.